The standard InChI is InChI=1S/C19H26N6O.C5H10O2/c1-5-20-19-21-12-16-17(22-19)24(4)9-10-25(18(16)26)15-8-6-7-14(11-15)13-23(2)3;1-5(2,3)7-4-6/h6-8,11-12H,5,9-10,13H2,1-4H3,(H,20,21,22);4H,1-3H3. The molecule has 9 heteroatoms. The summed E-state index contributed by atoms with van der Waals surface area (Å²) in [6, 6.07) is 8.14. The fraction of sp³-hybridized carbons (Fsp3) is 0.500. The molecule has 9 nitrogen and oxygen atoms in total. The van der Waals surface area contributed by atoms with E-state index in [1.54, 1.807) is 6.20 Å². The first-order chi connectivity index (χ1) is 15.6. The van der Waals surface area contributed by atoms with Gasteiger partial charge in [-0.3, -0.25) is 9.59 Å². The van der Waals surface area contributed by atoms with Crippen molar-refractivity contribution in [2.45, 2.75) is 39.8 Å². The summed E-state index contributed by atoms with van der Waals surface area (Å²) in [6.07, 6.45) is 1.63. The maximum absolute atomic E-state index is 13.2. The van der Waals surface area contributed by atoms with Crippen LogP contribution in [0.1, 0.15) is 43.6 Å². The molecule has 1 N–H and O–H groups in total. The Balaban J connectivity index is 0.000000479. The number of carbonyl (C=O) groups is 2. The summed E-state index contributed by atoms with van der Waals surface area (Å²) >= 11 is 0. The monoisotopic (exact) mass is 456 g/mol. The Labute approximate surface area is 196 Å². The van der Waals surface area contributed by atoms with Gasteiger partial charge in [-0.1, -0.05) is 12.1 Å². The third kappa shape index (κ3) is 7.71. The van der Waals surface area contributed by atoms with Crippen molar-refractivity contribution in [2.75, 3.05) is 55.9 Å². The van der Waals surface area contributed by atoms with Crippen LogP contribution in [-0.2, 0) is 16.1 Å². The predicted molar refractivity (Wildman–Crippen MR) is 132 cm³/mol. The van der Waals surface area contributed by atoms with Crippen molar-refractivity contribution in [2.24, 2.45) is 0 Å². The quantitative estimate of drug-likeness (QED) is 0.664. The number of anilines is 3. The maximum Gasteiger partial charge on any atom is 0.293 e. The van der Waals surface area contributed by atoms with Gasteiger partial charge >= 0.3 is 0 Å². The molecule has 2 heterocycles. The average Bonchev–Trinajstić information content (AvgIpc) is 2.84. The van der Waals surface area contributed by atoms with E-state index in [4.69, 9.17) is 0 Å². The van der Waals surface area contributed by atoms with E-state index in [9.17, 15) is 9.59 Å². The van der Waals surface area contributed by atoms with Crippen molar-refractivity contribution in [1.29, 1.82) is 0 Å². The number of nitrogens with zero attached hydrogens (tertiary/aromatic N) is 5. The lowest BCUT2D eigenvalue weighted by molar-refractivity contribution is -0.138. The van der Waals surface area contributed by atoms with Crippen LogP contribution in [0.2, 0.25) is 0 Å². The van der Waals surface area contributed by atoms with E-state index in [0.717, 1.165) is 18.8 Å². The van der Waals surface area contributed by atoms with Crippen LogP contribution in [0.3, 0.4) is 0 Å². The van der Waals surface area contributed by atoms with Gasteiger partial charge in [-0.15, -0.1) is 0 Å². The first-order valence-corrected chi connectivity index (χ1v) is 11.0. The molecule has 1 aromatic heterocycles. The number of ether oxygens (including phenoxy) is 1. The van der Waals surface area contributed by atoms with Gasteiger partial charge in [0.05, 0.1) is 0 Å². The molecular formula is C24H36N6O3. The molecule has 3 rings (SSSR count). The summed E-state index contributed by atoms with van der Waals surface area (Å²) in [5.74, 6) is 1.16. The molecular weight excluding hydrogens is 420 g/mol. The van der Waals surface area contributed by atoms with E-state index >= 15 is 0 Å². The van der Waals surface area contributed by atoms with Gasteiger partial charge in [0.25, 0.3) is 12.4 Å². The Morgan fingerprint density at radius 1 is 1.24 bits per heavy atom. The number of carbonyl (C=O) groups excluding carboxylic acids is 2. The summed E-state index contributed by atoms with van der Waals surface area (Å²) in [4.78, 5) is 37.5. The Hall–Kier alpha value is -3.20. The largest absolute Gasteiger partial charge is 0.462 e. The van der Waals surface area contributed by atoms with Gasteiger partial charge in [0.1, 0.15) is 17.0 Å². The van der Waals surface area contributed by atoms with Crippen LogP contribution in [0, 0.1) is 0 Å². The Morgan fingerprint density at radius 2 is 1.97 bits per heavy atom. The molecule has 33 heavy (non-hydrogen) atoms. The lowest BCUT2D eigenvalue weighted by Crippen LogP contribution is -2.33. The van der Waals surface area contributed by atoms with Crippen LogP contribution in [0.15, 0.2) is 30.5 Å². The minimum atomic E-state index is -0.318. The van der Waals surface area contributed by atoms with Gasteiger partial charge < -0.3 is 24.8 Å². The molecule has 0 aliphatic carbocycles. The van der Waals surface area contributed by atoms with Crippen molar-refractivity contribution in [1.82, 2.24) is 14.9 Å². The Kier molecular flexibility index (Phi) is 9.16. The lowest BCUT2D eigenvalue weighted by Gasteiger charge is -2.22. The molecule has 1 aliphatic heterocycles. The van der Waals surface area contributed by atoms with Crippen LogP contribution >= 0.6 is 0 Å². The number of rotatable bonds is 6. The molecule has 0 bridgehead atoms. The fourth-order valence-electron chi connectivity index (χ4n) is 3.24. The Morgan fingerprint density at radius 3 is 2.55 bits per heavy atom. The molecule has 180 valence electrons. The average molecular weight is 457 g/mol. The zero-order chi connectivity index (χ0) is 24.6. The van der Waals surface area contributed by atoms with E-state index in [1.807, 2.05) is 70.8 Å². The molecule has 0 unspecified atom stereocenters. The number of hydrogen-bond donors (Lipinski definition) is 1. The molecule has 0 saturated carbocycles. The lowest BCUT2D eigenvalue weighted by atomic mass is 10.1. The smallest absolute Gasteiger partial charge is 0.293 e. The first kappa shape index (κ1) is 26.1. The van der Waals surface area contributed by atoms with E-state index in [2.05, 4.69) is 37.1 Å². The van der Waals surface area contributed by atoms with Gasteiger partial charge in [0.15, 0.2) is 0 Å². The molecule has 0 atom stereocenters. The molecule has 1 amide bonds. The minimum absolute atomic E-state index is 0.0607. The summed E-state index contributed by atoms with van der Waals surface area (Å²) in [5, 5.41) is 3.10. The van der Waals surface area contributed by atoms with Crippen molar-refractivity contribution in [3.8, 4) is 0 Å². The molecule has 1 aromatic carbocycles. The minimum Gasteiger partial charge on any atom is -0.462 e. The summed E-state index contributed by atoms with van der Waals surface area (Å²) in [7, 11) is 6.03. The predicted octanol–water partition coefficient (Wildman–Crippen LogP) is 3.02. The highest BCUT2D eigenvalue weighted by molar-refractivity contribution is 6.09. The molecule has 0 saturated heterocycles. The molecule has 0 radical (unpaired) electrons. The van der Waals surface area contributed by atoms with Gasteiger partial charge in [-0.25, -0.2) is 4.98 Å². The van der Waals surface area contributed by atoms with Gasteiger partial charge in [0.2, 0.25) is 5.95 Å². The van der Waals surface area contributed by atoms with Crippen LogP contribution in [0.5, 0.6) is 0 Å². The highest BCUT2D eigenvalue weighted by Gasteiger charge is 2.28. The normalized spacial score (nSPS) is 13.6. The summed E-state index contributed by atoms with van der Waals surface area (Å²) < 4.78 is 4.55. The summed E-state index contributed by atoms with van der Waals surface area (Å²) in [5.41, 5.74) is 2.30. The van der Waals surface area contributed by atoms with E-state index in [1.165, 1.54) is 5.56 Å². The number of hydrogen-bond acceptors (Lipinski definition) is 8. The Bertz CT molecular complexity index is 942. The SMILES string of the molecule is CC(C)(C)OC=O.CCNc1ncc2c(n1)N(C)CCN(c1cccc(CN(C)C)c1)C2=O. The van der Waals surface area contributed by atoms with E-state index in [-0.39, 0.29) is 11.5 Å². The van der Waals surface area contributed by atoms with Crippen LogP contribution in [0.25, 0.3) is 0 Å². The summed E-state index contributed by atoms with van der Waals surface area (Å²) in [6.45, 7) is 10.8. The van der Waals surface area contributed by atoms with Crippen molar-refractivity contribution < 1.29 is 14.3 Å². The van der Waals surface area contributed by atoms with Gasteiger partial charge in [-0.05, 0) is 59.5 Å². The van der Waals surface area contributed by atoms with Gasteiger partial charge in [-0.2, -0.15) is 4.98 Å². The van der Waals surface area contributed by atoms with E-state index in [0.29, 0.717) is 36.9 Å². The molecule has 2 aromatic rings. The highest BCUT2D eigenvalue weighted by atomic mass is 16.5. The second-order valence-corrected chi connectivity index (χ2v) is 9.07. The zero-order valence-electron chi connectivity index (χ0n) is 20.8. The number of benzene rings is 1. The van der Waals surface area contributed by atoms with Crippen LogP contribution in [0.4, 0.5) is 17.5 Å². The van der Waals surface area contributed by atoms with Crippen LogP contribution in [-0.4, -0.2) is 73.6 Å². The maximum atomic E-state index is 13.2. The molecule has 1 aliphatic rings. The van der Waals surface area contributed by atoms with Crippen LogP contribution < -0.4 is 15.1 Å². The fourth-order valence-corrected chi connectivity index (χ4v) is 3.24. The number of amides is 1. The molecule has 0 fully saturated rings. The number of nitrogens with one attached hydrogen (secondary N) is 1. The zero-order valence-corrected chi connectivity index (χ0v) is 20.8. The third-order valence-electron chi connectivity index (χ3n) is 4.72. The number of aromatic nitrogens is 2. The third-order valence-corrected chi connectivity index (χ3v) is 4.72. The number of likely N-dealkylation sites (N-methyl/N-ethyl adjacent to an activating group) is 1. The highest BCUT2D eigenvalue weighted by Crippen LogP contribution is 2.27. The van der Waals surface area contributed by atoms with Crippen molar-refractivity contribution in [3.63, 3.8) is 0 Å². The first-order valence-electron chi connectivity index (χ1n) is 11.0. The van der Waals surface area contributed by atoms with E-state index < -0.39 is 0 Å². The second kappa shape index (κ2) is 11.6. The number of fused-ring (bicyclic) bond motifs is 1. The van der Waals surface area contributed by atoms with Crippen molar-refractivity contribution in [3.05, 3.63) is 41.6 Å². The second-order valence-electron chi connectivity index (χ2n) is 9.07. The van der Waals surface area contributed by atoms with Crippen molar-refractivity contribution >= 4 is 29.8 Å². The topological polar surface area (TPSA) is 90.9 Å². The van der Waals surface area contributed by atoms with Gasteiger partial charge in [0, 0.05) is 45.1 Å². The molecule has 0 spiro atoms.